The Morgan fingerprint density at radius 1 is 1.07 bits per heavy atom. The first-order valence-corrected chi connectivity index (χ1v) is 9.86. The van der Waals surface area contributed by atoms with Crippen molar-refractivity contribution in [3.8, 4) is 0 Å². The summed E-state index contributed by atoms with van der Waals surface area (Å²) in [6.45, 7) is 3.86. The third kappa shape index (κ3) is 6.21. The zero-order valence-corrected chi connectivity index (χ0v) is 16.8. The molecule has 9 heteroatoms. The molecule has 1 aromatic heterocycles. The number of halogens is 2. The van der Waals surface area contributed by atoms with Gasteiger partial charge in [-0.1, -0.05) is 0 Å². The summed E-state index contributed by atoms with van der Waals surface area (Å²) in [5.41, 5.74) is 0.846. The molecule has 7 nitrogen and oxygen atoms in total. The van der Waals surface area contributed by atoms with Crippen LogP contribution < -0.4 is 16.0 Å². The maximum absolute atomic E-state index is 14.0. The van der Waals surface area contributed by atoms with Crippen molar-refractivity contribution in [3.05, 3.63) is 53.9 Å². The van der Waals surface area contributed by atoms with Gasteiger partial charge < -0.3 is 20.9 Å². The lowest BCUT2D eigenvalue weighted by molar-refractivity contribution is -0.114. The van der Waals surface area contributed by atoms with E-state index in [2.05, 4.69) is 25.8 Å². The molecule has 0 atom stereocenters. The van der Waals surface area contributed by atoms with Gasteiger partial charge in [-0.05, 0) is 43.0 Å². The Hall–Kier alpha value is -3.07. The fourth-order valence-corrected chi connectivity index (χ4v) is 3.41. The summed E-state index contributed by atoms with van der Waals surface area (Å²) in [6.07, 6.45) is 6.08. The van der Waals surface area contributed by atoms with Crippen LogP contribution in [-0.4, -0.2) is 47.5 Å². The minimum atomic E-state index is -0.914. The summed E-state index contributed by atoms with van der Waals surface area (Å²) in [5, 5.41) is 7.49. The lowest BCUT2D eigenvalue weighted by atomic mass is 10.0. The molecule has 0 radical (unpaired) electrons. The van der Waals surface area contributed by atoms with Gasteiger partial charge in [-0.2, -0.15) is 0 Å². The number of amides is 3. The van der Waals surface area contributed by atoms with Crippen molar-refractivity contribution in [1.29, 1.82) is 0 Å². The second-order valence-corrected chi connectivity index (χ2v) is 7.31. The van der Waals surface area contributed by atoms with E-state index in [0.717, 1.165) is 45.0 Å². The number of hydrogen-bond donors (Lipinski definition) is 3. The number of nitrogens with one attached hydrogen (secondary N) is 3. The third-order valence-electron chi connectivity index (χ3n) is 5.00. The quantitative estimate of drug-likeness (QED) is 0.674. The van der Waals surface area contributed by atoms with Crippen LogP contribution in [0.25, 0.3) is 0 Å². The van der Waals surface area contributed by atoms with Gasteiger partial charge in [-0.15, -0.1) is 0 Å². The molecule has 2 heterocycles. The molecule has 2 aromatic rings. The molecule has 3 amide bonds. The van der Waals surface area contributed by atoms with Gasteiger partial charge in [-0.3, -0.25) is 9.78 Å². The first-order chi connectivity index (χ1) is 14.4. The van der Waals surface area contributed by atoms with Crippen LogP contribution >= 0.6 is 0 Å². The van der Waals surface area contributed by atoms with E-state index in [1.807, 2.05) is 12.1 Å². The normalized spacial score (nSPS) is 14.9. The van der Waals surface area contributed by atoms with Gasteiger partial charge in [0.1, 0.15) is 11.6 Å². The first kappa shape index (κ1) is 21.6. The fourth-order valence-electron chi connectivity index (χ4n) is 3.41. The number of nitrogens with zero attached hydrogens (tertiary/aromatic N) is 2. The van der Waals surface area contributed by atoms with Crippen LogP contribution in [0.3, 0.4) is 0 Å². The minimum Gasteiger partial charge on any atom is -0.335 e. The van der Waals surface area contributed by atoms with Crippen LogP contribution in [0, 0.1) is 11.6 Å². The molecule has 0 bridgehead atoms. The lowest BCUT2D eigenvalue weighted by Crippen LogP contribution is -2.46. The number of anilines is 2. The van der Waals surface area contributed by atoms with Crippen LogP contribution in [0.5, 0.6) is 0 Å². The summed E-state index contributed by atoms with van der Waals surface area (Å²) < 4.78 is 27.7. The highest BCUT2D eigenvalue weighted by molar-refractivity contribution is 5.92. The summed E-state index contributed by atoms with van der Waals surface area (Å²) in [7, 11) is 0. The molecule has 0 unspecified atom stereocenters. The topological polar surface area (TPSA) is 86.4 Å². The van der Waals surface area contributed by atoms with E-state index in [1.165, 1.54) is 12.5 Å². The molecule has 0 aliphatic carbocycles. The number of piperidine rings is 1. The van der Waals surface area contributed by atoms with Crippen LogP contribution in [0.1, 0.15) is 25.3 Å². The maximum Gasteiger partial charge on any atom is 0.319 e. The average molecular weight is 417 g/mol. The molecule has 0 saturated carbocycles. The van der Waals surface area contributed by atoms with E-state index < -0.39 is 23.6 Å². The number of likely N-dealkylation sites (tertiary alicyclic amines) is 1. The van der Waals surface area contributed by atoms with E-state index in [1.54, 1.807) is 12.4 Å². The number of carbonyl (C=O) groups is 2. The Labute approximate surface area is 173 Å². The third-order valence-corrected chi connectivity index (χ3v) is 5.00. The van der Waals surface area contributed by atoms with Crippen LogP contribution in [-0.2, 0) is 11.2 Å². The highest BCUT2D eigenvalue weighted by atomic mass is 19.1. The van der Waals surface area contributed by atoms with Gasteiger partial charge in [0, 0.05) is 51.1 Å². The molecule has 1 aliphatic heterocycles. The SMILES string of the molecule is CC(=O)Nc1cc(NC(=O)NC2CCN(CCc3ccncc3)CC2)c(F)cc1F. The highest BCUT2D eigenvalue weighted by Gasteiger charge is 2.21. The van der Waals surface area contributed by atoms with Crippen molar-refractivity contribution in [2.45, 2.75) is 32.2 Å². The van der Waals surface area contributed by atoms with Crippen molar-refractivity contribution in [1.82, 2.24) is 15.2 Å². The van der Waals surface area contributed by atoms with Gasteiger partial charge in [0.2, 0.25) is 5.91 Å². The predicted molar refractivity (Wildman–Crippen MR) is 110 cm³/mol. The van der Waals surface area contributed by atoms with Crippen LogP contribution in [0.4, 0.5) is 25.0 Å². The number of benzene rings is 1. The van der Waals surface area contributed by atoms with Gasteiger partial charge in [-0.25, -0.2) is 13.6 Å². The summed E-state index contributed by atoms with van der Waals surface area (Å²) in [4.78, 5) is 29.7. The van der Waals surface area contributed by atoms with Gasteiger partial charge in [0.05, 0.1) is 11.4 Å². The van der Waals surface area contributed by atoms with Crippen molar-refractivity contribution in [2.75, 3.05) is 30.3 Å². The minimum absolute atomic E-state index is 0.0273. The number of carbonyl (C=O) groups excluding carboxylic acids is 2. The molecule has 1 saturated heterocycles. The standard InChI is InChI=1S/C21H25F2N5O2/c1-14(29)25-19-13-20(18(23)12-17(19)22)27-21(30)26-16-5-10-28(11-6-16)9-4-15-2-7-24-8-3-15/h2-3,7-8,12-13,16H,4-6,9-11H2,1H3,(H,25,29)(H2,26,27,30). The second kappa shape index (κ2) is 10.1. The van der Waals surface area contributed by atoms with Crippen molar-refractivity contribution < 1.29 is 18.4 Å². The van der Waals surface area contributed by atoms with Gasteiger partial charge in [0.15, 0.2) is 0 Å². The fraction of sp³-hybridized carbons (Fsp3) is 0.381. The van der Waals surface area contributed by atoms with Crippen molar-refractivity contribution in [2.24, 2.45) is 0 Å². The first-order valence-electron chi connectivity index (χ1n) is 9.86. The Balaban J connectivity index is 1.46. The van der Waals surface area contributed by atoms with Crippen molar-refractivity contribution >= 4 is 23.3 Å². The number of hydrogen-bond acceptors (Lipinski definition) is 4. The number of urea groups is 1. The van der Waals surface area contributed by atoms with Crippen molar-refractivity contribution in [3.63, 3.8) is 0 Å². The molecule has 1 aromatic carbocycles. The molecule has 0 spiro atoms. The summed E-state index contributed by atoms with van der Waals surface area (Å²) >= 11 is 0. The predicted octanol–water partition coefficient (Wildman–Crippen LogP) is 3.15. The lowest BCUT2D eigenvalue weighted by Gasteiger charge is -2.32. The van der Waals surface area contributed by atoms with E-state index in [-0.39, 0.29) is 17.4 Å². The monoisotopic (exact) mass is 417 g/mol. The Kier molecular flexibility index (Phi) is 7.29. The largest absolute Gasteiger partial charge is 0.335 e. The molecule has 3 rings (SSSR count). The molecular formula is C21H25F2N5O2. The van der Waals surface area contributed by atoms with E-state index in [4.69, 9.17) is 0 Å². The maximum atomic E-state index is 14.0. The Morgan fingerprint density at radius 3 is 2.33 bits per heavy atom. The zero-order valence-electron chi connectivity index (χ0n) is 16.8. The van der Waals surface area contributed by atoms with Crippen LogP contribution in [0.2, 0.25) is 0 Å². The zero-order chi connectivity index (χ0) is 21.5. The number of rotatable bonds is 6. The second-order valence-electron chi connectivity index (χ2n) is 7.31. The Bertz CT molecular complexity index is 886. The number of aromatic nitrogens is 1. The molecule has 1 aliphatic rings. The van der Waals surface area contributed by atoms with Gasteiger partial charge in [0.25, 0.3) is 0 Å². The van der Waals surface area contributed by atoms with E-state index >= 15 is 0 Å². The Morgan fingerprint density at radius 2 is 1.70 bits per heavy atom. The molecule has 30 heavy (non-hydrogen) atoms. The average Bonchev–Trinajstić information content (AvgIpc) is 2.71. The van der Waals surface area contributed by atoms with E-state index in [9.17, 15) is 18.4 Å². The molecular weight excluding hydrogens is 392 g/mol. The van der Waals surface area contributed by atoms with Gasteiger partial charge >= 0.3 is 6.03 Å². The van der Waals surface area contributed by atoms with Crippen LogP contribution in [0.15, 0.2) is 36.7 Å². The molecule has 160 valence electrons. The summed E-state index contributed by atoms with van der Waals surface area (Å²) in [5.74, 6) is -2.32. The number of pyridine rings is 1. The smallest absolute Gasteiger partial charge is 0.319 e. The van der Waals surface area contributed by atoms with E-state index in [0.29, 0.717) is 6.07 Å². The molecule has 3 N–H and O–H groups in total. The molecule has 1 fully saturated rings. The summed E-state index contributed by atoms with van der Waals surface area (Å²) in [6, 6.07) is 5.11. The highest BCUT2D eigenvalue weighted by Crippen LogP contribution is 2.23.